The van der Waals surface area contributed by atoms with Gasteiger partial charge in [0, 0.05) is 42.6 Å². The number of amides is 2. The molecule has 2 aromatic rings. The SMILES string of the molecule is Cc1ccc(NC(=O)N2CCN(c3cccc(Cl)c3C)CC2)cc1C. The van der Waals surface area contributed by atoms with Crippen LogP contribution in [0.3, 0.4) is 0 Å². The molecule has 1 aliphatic heterocycles. The summed E-state index contributed by atoms with van der Waals surface area (Å²) in [5.74, 6) is 0. The van der Waals surface area contributed by atoms with Crippen molar-refractivity contribution in [3.63, 3.8) is 0 Å². The first-order valence-corrected chi connectivity index (χ1v) is 8.97. The number of urea groups is 1. The number of rotatable bonds is 2. The minimum atomic E-state index is -0.0364. The monoisotopic (exact) mass is 357 g/mol. The van der Waals surface area contributed by atoms with Crippen molar-refractivity contribution in [2.75, 3.05) is 36.4 Å². The van der Waals surface area contributed by atoms with Crippen molar-refractivity contribution in [2.24, 2.45) is 0 Å². The zero-order chi connectivity index (χ0) is 18.0. The highest BCUT2D eigenvalue weighted by molar-refractivity contribution is 6.31. The first-order chi connectivity index (χ1) is 12.0. The summed E-state index contributed by atoms with van der Waals surface area (Å²) in [6.45, 7) is 9.17. The van der Waals surface area contributed by atoms with Gasteiger partial charge in [0.05, 0.1) is 0 Å². The molecule has 1 saturated heterocycles. The molecule has 1 fully saturated rings. The van der Waals surface area contributed by atoms with Gasteiger partial charge < -0.3 is 15.1 Å². The number of anilines is 2. The summed E-state index contributed by atoms with van der Waals surface area (Å²) in [6.07, 6.45) is 0. The lowest BCUT2D eigenvalue weighted by atomic mass is 10.1. The number of halogens is 1. The molecule has 1 N–H and O–H groups in total. The maximum atomic E-state index is 12.5. The van der Waals surface area contributed by atoms with E-state index in [-0.39, 0.29) is 6.03 Å². The van der Waals surface area contributed by atoms with Crippen LogP contribution in [0.25, 0.3) is 0 Å². The van der Waals surface area contributed by atoms with E-state index in [9.17, 15) is 4.79 Å². The lowest BCUT2D eigenvalue weighted by molar-refractivity contribution is 0.208. The topological polar surface area (TPSA) is 35.6 Å². The summed E-state index contributed by atoms with van der Waals surface area (Å²) >= 11 is 6.23. The molecule has 0 atom stereocenters. The van der Waals surface area contributed by atoms with Crippen LogP contribution in [-0.4, -0.2) is 37.1 Å². The second-order valence-electron chi connectivity index (χ2n) is 6.59. The molecular weight excluding hydrogens is 334 g/mol. The van der Waals surface area contributed by atoms with Crippen LogP contribution in [0.2, 0.25) is 5.02 Å². The average molecular weight is 358 g/mol. The minimum absolute atomic E-state index is 0.0364. The molecule has 0 unspecified atom stereocenters. The van der Waals surface area contributed by atoms with Crippen LogP contribution in [-0.2, 0) is 0 Å². The highest BCUT2D eigenvalue weighted by atomic mass is 35.5. The molecule has 0 bridgehead atoms. The molecule has 4 nitrogen and oxygen atoms in total. The van der Waals surface area contributed by atoms with Crippen LogP contribution in [0.15, 0.2) is 36.4 Å². The Morgan fingerprint density at radius 1 is 1.00 bits per heavy atom. The van der Waals surface area contributed by atoms with Crippen molar-refractivity contribution in [3.8, 4) is 0 Å². The van der Waals surface area contributed by atoms with Gasteiger partial charge in [0.15, 0.2) is 0 Å². The normalized spacial score (nSPS) is 14.6. The van der Waals surface area contributed by atoms with E-state index in [1.807, 2.05) is 42.2 Å². The fraction of sp³-hybridized carbons (Fsp3) is 0.350. The molecule has 5 heteroatoms. The molecule has 3 rings (SSSR count). The quantitative estimate of drug-likeness (QED) is 0.851. The van der Waals surface area contributed by atoms with Crippen molar-refractivity contribution in [3.05, 3.63) is 58.1 Å². The number of piperazine rings is 1. The van der Waals surface area contributed by atoms with Crippen molar-refractivity contribution in [2.45, 2.75) is 20.8 Å². The standard InChI is InChI=1S/C20H24ClN3O/c1-14-7-8-17(13-15(14)2)22-20(25)24-11-9-23(10-12-24)19-6-4-5-18(21)16(19)3/h4-8,13H,9-12H2,1-3H3,(H,22,25). The predicted molar refractivity (Wildman–Crippen MR) is 105 cm³/mol. The van der Waals surface area contributed by atoms with Crippen LogP contribution in [0.1, 0.15) is 16.7 Å². The average Bonchev–Trinajstić information content (AvgIpc) is 2.61. The highest BCUT2D eigenvalue weighted by Gasteiger charge is 2.22. The Kier molecular flexibility index (Phi) is 5.19. The third-order valence-corrected chi connectivity index (χ3v) is 5.31. The Morgan fingerprint density at radius 3 is 2.40 bits per heavy atom. The van der Waals surface area contributed by atoms with E-state index >= 15 is 0 Å². The van der Waals surface area contributed by atoms with Crippen LogP contribution >= 0.6 is 11.6 Å². The Bertz CT molecular complexity index is 783. The number of hydrogen-bond acceptors (Lipinski definition) is 2. The van der Waals surface area contributed by atoms with Gasteiger partial charge in [-0.05, 0) is 61.7 Å². The predicted octanol–water partition coefficient (Wildman–Crippen LogP) is 4.62. The number of nitrogens with one attached hydrogen (secondary N) is 1. The minimum Gasteiger partial charge on any atom is -0.368 e. The van der Waals surface area contributed by atoms with Gasteiger partial charge in [-0.2, -0.15) is 0 Å². The van der Waals surface area contributed by atoms with Crippen molar-refractivity contribution in [1.29, 1.82) is 0 Å². The van der Waals surface area contributed by atoms with Gasteiger partial charge in [0.1, 0.15) is 0 Å². The van der Waals surface area contributed by atoms with Gasteiger partial charge in [-0.15, -0.1) is 0 Å². The Balaban J connectivity index is 1.60. The molecule has 0 radical (unpaired) electrons. The first-order valence-electron chi connectivity index (χ1n) is 8.59. The van der Waals surface area contributed by atoms with Gasteiger partial charge in [-0.3, -0.25) is 0 Å². The molecule has 0 saturated carbocycles. The van der Waals surface area contributed by atoms with Crippen LogP contribution in [0, 0.1) is 20.8 Å². The Morgan fingerprint density at radius 2 is 1.72 bits per heavy atom. The van der Waals surface area contributed by atoms with E-state index in [0.717, 1.165) is 35.1 Å². The number of carbonyl (C=O) groups excluding carboxylic acids is 1. The maximum absolute atomic E-state index is 12.5. The number of carbonyl (C=O) groups is 1. The number of hydrogen-bond donors (Lipinski definition) is 1. The number of aryl methyl sites for hydroxylation is 2. The smallest absolute Gasteiger partial charge is 0.321 e. The lowest BCUT2D eigenvalue weighted by Gasteiger charge is -2.36. The third-order valence-electron chi connectivity index (χ3n) is 4.90. The van der Waals surface area contributed by atoms with Crippen molar-refractivity contribution in [1.82, 2.24) is 4.90 Å². The molecule has 132 valence electrons. The van der Waals surface area contributed by atoms with Crippen molar-refractivity contribution < 1.29 is 4.79 Å². The fourth-order valence-electron chi connectivity index (χ4n) is 3.11. The molecule has 0 spiro atoms. The molecule has 0 aromatic heterocycles. The molecule has 1 heterocycles. The van der Waals surface area contributed by atoms with Crippen molar-refractivity contribution >= 4 is 29.0 Å². The van der Waals surface area contributed by atoms with E-state index < -0.39 is 0 Å². The second-order valence-corrected chi connectivity index (χ2v) is 6.99. The van der Waals surface area contributed by atoms with Gasteiger partial charge in [0.25, 0.3) is 0 Å². The zero-order valence-electron chi connectivity index (χ0n) is 15.0. The van der Waals surface area contributed by atoms with E-state index in [2.05, 4.69) is 30.1 Å². The summed E-state index contributed by atoms with van der Waals surface area (Å²) in [5.41, 5.74) is 5.50. The van der Waals surface area contributed by atoms with E-state index in [1.165, 1.54) is 11.1 Å². The van der Waals surface area contributed by atoms with E-state index in [4.69, 9.17) is 11.6 Å². The zero-order valence-corrected chi connectivity index (χ0v) is 15.7. The Hall–Kier alpha value is -2.20. The lowest BCUT2D eigenvalue weighted by Crippen LogP contribution is -2.50. The summed E-state index contributed by atoms with van der Waals surface area (Å²) in [5, 5.41) is 3.79. The van der Waals surface area contributed by atoms with Gasteiger partial charge in [-0.1, -0.05) is 23.7 Å². The van der Waals surface area contributed by atoms with Gasteiger partial charge in [0.2, 0.25) is 0 Å². The number of benzene rings is 2. The third kappa shape index (κ3) is 3.90. The maximum Gasteiger partial charge on any atom is 0.321 e. The summed E-state index contributed by atoms with van der Waals surface area (Å²) in [7, 11) is 0. The van der Waals surface area contributed by atoms with Gasteiger partial charge >= 0.3 is 6.03 Å². The van der Waals surface area contributed by atoms with Crippen LogP contribution in [0.5, 0.6) is 0 Å². The first kappa shape index (κ1) is 17.6. The molecule has 0 aliphatic carbocycles. The van der Waals surface area contributed by atoms with E-state index in [1.54, 1.807) is 0 Å². The van der Waals surface area contributed by atoms with Crippen LogP contribution < -0.4 is 10.2 Å². The fourth-order valence-corrected chi connectivity index (χ4v) is 3.28. The largest absolute Gasteiger partial charge is 0.368 e. The second kappa shape index (κ2) is 7.36. The summed E-state index contributed by atoms with van der Waals surface area (Å²) < 4.78 is 0. The summed E-state index contributed by atoms with van der Waals surface area (Å²) in [6, 6.07) is 11.9. The molecular formula is C20H24ClN3O. The highest BCUT2D eigenvalue weighted by Crippen LogP contribution is 2.27. The molecule has 1 aliphatic rings. The van der Waals surface area contributed by atoms with Crippen LogP contribution in [0.4, 0.5) is 16.2 Å². The molecule has 2 aromatic carbocycles. The van der Waals surface area contributed by atoms with Gasteiger partial charge in [-0.25, -0.2) is 4.79 Å². The summed E-state index contributed by atoms with van der Waals surface area (Å²) in [4.78, 5) is 16.7. The molecule has 2 amide bonds. The van der Waals surface area contributed by atoms with E-state index in [0.29, 0.717) is 13.1 Å². The number of nitrogens with zero attached hydrogens (tertiary/aromatic N) is 2. The Labute approximate surface area is 154 Å². The molecule has 25 heavy (non-hydrogen) atoms.